The van der Waals surface area contributed by atoms with E-state index < -0.39 is 25.8 Å². The van der Waals surface area contributed by atoms with E-state index in [-0.39, 0.29) is 39.3 Å². The molecule has 0 atom stereocenters. The molecule has 0 aliphatic carbocycles. The van der Waals surface area contributed by atoms with E-state index in [1.807, 2.05) is 31.2 Å². The van der Waals surface area contributed by atoms with Crippen molar-refractivity contribution in [2.45, 2.75) is 18.4 Å². The number of fused-ring (bicyclic) bond motifs is 1. The van der Waals surface area contributed by atoms with E-state index in [2.05, 4.69) is 0 Å². The minimum absolute atomic E-state index is 0.116. The molecule has 188 valence electrons. The largest absolute Gasteiger partial charge is 0.458 e. The number of ether oxygens (including phenoxy) is 1. The second-order valence-corrected chi connectivity index (χ2v) is 9.83. The number of carbonyl (C=O) groups is 1. The van der Waals surface area contributed by atoms with E-state index in [1.54, 1.807) is 6.08 Å². The van der Waals surface area contributed by atoms with E-state index in [4.69, 9.17) is 4.74 Å². The highest BCUT2D eigenvalue weighted by atomic mass is 32.2. The minimum Gasteiger partial charge on any atom is -0.458 e. The molecular formula is C25H19N3O8S. The Hall–Kier alpha value is -4.84. The normalized spacial score (nSPS) is 11.6. The van der Waals surface area contributed by atoms with Gasteiger partial charge in [-0.15, -0.1) is 0 Å². The van der Waals surface area contributed by atoms with Crippen LogP contribution in [0.3, 0.4) is 0 Å². The van der Waals surface area contributed by atoms with Gasteiger partial charge in [0.15, 0.2) is 0 Å². The Morgan fingerprint density at radius 3 is 2.19 bits per heavy atom. The number of rotatable bonds is 8. The molecule has 0 saturated carbocycles. The molecule has 0 aliphatic rings. The summed E-state index contributed by atoms with van der Waals surface area (Å²) in [7, 11) is -4.24. The molecule has 0 amide bonds. The highest BCUT2D eigenvalue weighted by molar-refractivity contribution is 7.90. The summed E-state index contributed by atoms with van der Waals surface area (Å²) >= 11 is 0. The number of aryl methyl sites for hydroxylation is 1. The number of carbonyl (C=O) groups excluding carboxylic acids is 1. The number of nitro benzene ring substituents is 2. The molecule has 0 aliphatic heterocycles. The molecule has 3 aromatic carbocycles. The molecule has 0 N–H and O–H groups in total. The first-order chi connectivity index (χ1) is 17.6. The standard InChI is InChI=1S/C25H19N3O8S/c1-17-2-4-18(5-3-17)6-13-25(29)36-16-19-15-26(24-12-9-21(28(32)33)14-23(19)24)37(34,35)22-10-7-20(8-11-22)27(30)31/h2-15H,16H2,1H3/b13-6+. The van der Waals surface area contributed by atoms with Crippen molar-refractivity contribution in [1.29, 1.82) is 0 Å². The lowest BCUT2D eigenvalue weighted by Gasteiger charge is -2.07. The van der Waals surface area contributed by atoms with Crippen LogP contribution < -0.4 is 0 Å². The summed E-state index contributed by atoms with van der Waals surface area (Å²) in [6.07, 6.45) is 4.00. The van der Waals surface area contributed by atoms with E-state index in [9.17, 15) is 33.4 Å². The predicted molar refractivity (Wildman–Crippen MR) is 134 cm³/mol. The van der Waals surface area contributed by atoms with Crippen LogP contribution in [0, 0.1) is 27.2 Å². The first kappa shape index (κ1) is 25.3. The molecule has 12 heteroatoms. The number of aromatic nitrogens is 1. The summed E-state index contributed by atoms with van der Waals surface area (Å²) in [5.74, 6) is -0.690. The number of nitro groups is 2. The van der Waals surface area contributed by atoms with Gasteiger partial charge in [0, 0.05) is 47.5 Å². The summed E-state index contributed by atoms with van der Waals surface area (Å²) in [5, 5.41) is 22.4. The third-order valence-corrected chi connectivity index (χ3v) is 7.20. The Kier molecular flexibility index (Phi) is 6.85. The summed E-state index contributed by atoms with van der Waals surface area (Å²) in [5.41, 5.74) is 1.63. The summed E-state index contributed by atoms with van der Waals surface area (Å²) in [6, 6.07) is 15.4. The lowest BCUT2D eigenvalue weighted by Crippen LogP contribution is -2.12. The molecule has 37 heavy (non-hydrogen) atoms. The highest BCUT2D eigenvalue weighted by Crippen LogP contribution is 2.30. The summed E-state index contributed by atoms with van der Waals surface area (Å²) in [4.78, 5) is 33.0. The minimum atomic E-state index is -4.24. The lowest BCUT2D eigenvalue weighted by atomic mass is 10.1. The number of hydrogen-bond donors (Lipinski definition) is 0. The van der Waals surface area contributed by atoms with E-state index in [0.717, 1.165) is 45.4 Å². The Balaban J connectivity index is 1.67. The van der Waals surface area contributed by atoms with Gasteiger partial charge in [-0.25, -0.2) is 17.2 Å². The second kappa shape index (κ2) is 10.0. The molecule has 0 unspecified atom stereocenters. The first-order valence-corrected chi connectivity index (χ1v) is 12.2. The first-order valence-electron chi connectivity index (χ1n) is 10.8. The van der Waals surface area contributed by atoms with Gasteiger partial charge < -0.3 is 4.74 Å². The topological polar surface area (TPSA) is 152 Å². The van der Waals surface area contributed by atoms with Crippen LogP contribution >= 0.6 is 0 Å². The Labute approximate surface area is 210 Å². The molecule has 0 bridgehead atoms. The van der Waals surface area contributed by atoms with Crippen molar-refractivity contribution >= 4 is 44.3 Å². The number of nitrogens with zero attached hydrogens (tertiary/aromatic N) is 3. The van der Waals surface area contributed by atoms with Crippen molar-refractivity contribution in [1.82, 2.24) is 3.97 Å². The van der Waals surface area contributed by atoms with Gasteiger partial charge in [0.1, 0.15) is 6.61 Å². The number of hydrogen-bond acceptors (Lipinski definition) is 8. The highest BCUT2D eigenvalue weighted by Gasteiger charge is 2.24. The summed E-state index contributed by atoms with van der Waals surface area (Å²) < 4.78 is 32.8. The third kappa shape index (κ3) is 5.38. The zero-order valence-corrected chi connectivity index (χ0v) is 20.1. The van der Waals surface area contributed by atoms with E-state index in [0.29, 0.717) is 0 Å². The number of benzene rings is 3. The molecule has 11 nitrogen and oxygen atoms in total. The quantitative estimate of drug-likeness (QED) is 0.139. The van der Waals surface area contributed by atoms with Crippen molar-refractivity contribution in [2.24, 2.45) is 0 Å². The fourth-order valence-corrected chi connectivity index (χ4v) is 4.96. The van der Waals surface area contributed by atoms with Crippen LogP contribution in [-0.2, 0) is 26.2 Å². The van der Waals surface area contributed by atoms with Gasteiger partial charge in [-0.3, -0.25) is 20.2 Å². The van der Waals surface area contributed by atoms with Crippen molar-refractivity contribution < 1.29 is 27.8 Å². The molecule has 4 aromatic rings. The predicted octanol–water partition coefficient (Wildman–Crippen LogP) is 4.76. The van der Waals surface area contributed by atoms with Crippen molar-refractivity contribution in [3.05, 3.63) is 116 Å². The SMILES string of the molecule is Cc1ccc(/C=C/C(=O)OCc2cn(S(=O)(=O)c3ccc([N+](=O)[O-])cc3)c3ccc([N+](=O)[O-])cc23)cc1. The van der Waals surface area contributed by atoms with Crippen LogP contribution in [0.25, 0.3) is 17.0 Å². The maximum atomic E-state index is 13.3. The van der Waals surface area contributed by atoms with Gasteiger partial charge in [0.25, 0.3) is 21.4 Å². The Morgan fingerprint density at radius 1 is 0.946 bits per heavy atom. The zero-order valence-electron chi connectivity index (χ0n) is 19.3. The van der Waals surface area contributed by atoms with Gasteiger partial charge in [-0.05, 0) is 36.8 Å². The maximum Gasteiger partial charge on any atom is 0.331 e. The van der Waals surface area contributed by atoms with E-state index >= 15 is 0 Å². The van der Waals surface area contributed by atoms with Gasteiger partial charge in [0.05, 0.1) is 20.3 Å². The van der Waals surface area contributed by atoms with Gasteiger partial charge in [-0.1, -0.05) is 29.8 Å². The Morgan fingerprint density at radius 2 is 1.57 bits per heavy atom. The van der Waals surface area contributed by atoms with Crippen LogP contribution in [0.5, 0.6) is 0 Å². The van der Waals surface area contributed by atoms with Crippen LogP contribution in [0.1, 0.15) is 16.7 Å². The fraction of sp³-hybridized carbons (Fsp3) is 0.0800. The molecule has 0 fully saturated rings. The van der Waals surface area contributed by atoms with Crippen LogP contribution in [0.15, 0.2) is 83.9 Å². The Bertz CT molecular complexity index is 1650. The monoisotopic (exact) mass is 521 g/mol. The van der Waals surface area contributed by atoms with Crippen molar-refractivity contribution in [2.75, 3.05) is 0 Å². The van der Waals surface area contributed by atoms with Crippen molar-refractivity contribution in [3.8, 4) is 0 Å². The maximum absolute atomic E-state index is 13.3. The number of non-ortho nitro benzene ring substituents is 2. The van der Waals surface area contributed by atoms with Crippen LogP contribution in [0.2, 0.25) is 0 Å². The van der Waals surface area contributed by atoms with Crippen LogP contribution in [0.4, 0.5) is 11.4 Å². The zero-order chi connectivity index (χ0) is 26.7. The van der Waals surface area contributed by atoms with Gasteiger partial charge >= 0.3 is 5.97 Å². The van der Waals surface area contributed by atoms with Gasteiger partial charge in [-0.2, -0.15) is 0 Å². The fourth-order valence-electron chi connectivity index (χ4n) is 3.57. The summed E-state index contributed by atoms with van der Waals surface area (Å²) in [6.45, 7) is 1.59. The smallest absolute Gasteiger partial charge is 0.331 e. The number of esters is 1. The molecule has 0 radical (unpaired) electrons. The second-order valence-electron chi connectivity index (χ2n) is 8.02. The molecule has 4 rings (SSSR count). The van der Waals surface area contributed by atoms with E-state index in [1.165, 1.54) is 24.4 Å². The molecule has 0 spiro atoms. The lowest BCUT2D eigenvalue weighted by molar-refractivity contribution is -0.385. The molecule has 0 saturated heterocycles. The van der Waals surface area contributed by atoms with Crippen LogP contribution in [-0.4, -0.2) is 28.2 Å². The molecular weight excluding hydrogens is 502 g/mol. The van der Waals surface area contributed by atoms with Crippen molar-refractivity contribution in [3.63, 3.8) is 0 Å². The third-order valence-electron chi connectivity index (χ3n) is 5.51. The average molecular weight is 522 g/mol. The average Bonchev–Trinajstić information content (AvgIpc) is 3.26. The molecule has 1 aromatic heterocycles. The van der Waals surface area contributed by atoms with Gasteiger partial charge in [0.2, 0.25) is 0 Å². The molecule has 1 heterocycles.